The van der Waals surface area contributed by atoms with Gasteiger partial charge in [-0.1, -0.05) is 0 Å². The van der Waals surface area contributed by atoms with Crippen LogP contribution in [0.5, 0.6) is 0 Å². The van der Waals surface area contributed by atoms with Gasteiger partial charge in [0.1, 0.15) is 5.82 Å². The first kappa shape index (κ1) is 13.0. The monoisotopic (exact) mass is 272 g/mol. The van der Waals surface area contributed by atoms with E-state index in [4.69, 9.17) is 5.11 Å². The Morgan fingerprint density at radius 1 is 1.39 bits per heavy atom. The lowest BCUT2D eigenvalue weighted by atomic mass is 9.94. The van der Waals surface area contributed by atoms with Crippen molar-refractivity contribution in [1.29, 1.82) is 0 Å². The summed E-state index contributed by atoms with van der Waals surface area (Å²) in [6, 6.07) is 2.26. The molecule has 0 spiro atoms. The van der Waals surface area contributed by atoms with Crippen molar-refractivity contribution >= 4 is 15.8 Å². The number of hydrogen-bond donors (Lipinski definition) is 1. The average molecular weight is 272 g/mol. The Morgan fingerprint density at radius 2 is 1.94 bits per heavy atom. The first-order valence-electron chi connectivity index (χ1n) is 5.42. The molecular weight excluding hydrogens is 259 g/mol. The molecule has 6 heteroatoms. The van der Waals surface area contributed by atoms with Crippen LogP contribution in [0.15, 0.2) is 17.0 Å². The maximum absolute atomic E-state index is 13.9. The van der Waals surface area contributed by atoms with Crippen LogP contribution in [-0.2, 0) is 20.0 Å². The topological polar surface area (TPSA) is 71.4 Å². The highest BCUT2D eigenvalue weighted by molar-refractivity contribution is 7.90. The fourth-order valence-electron chi connectivity index (χ4n) is 2.14. The molecule has 1 aliphatic rings. The van der Waals surface area contributed by atoms with Gasteiger partial charge >= 0.3 is 5.97 Å². The lowest BCUT2D eigenvalue weighted by Gasteiger charge is -2.14. The third-order valence-electron chi connectivity index (χ3n) is 3.34. The van der Waals surface area contributed by atoms with E-state index in [0.717, 1.165) is 12.3 Å². The standard InChI is InChI=1S/C12H13FO4S/c1-7-5-9(13)8(6-10(7)18(2,16)17)12(3-4-12)11(14)15/h5-6H,3-4H2,1-2H3,(H,14,15). The molecule has 1 aliphatic carbocycles. The van der Waals surface area contributed by atoms with Gasteiger partial charge in [0.15, 0.2) is 9.84 Å². The van der Waals surface area contributed by atoms with Gasteiger partial charge in [-0.15, -0.1) is 0 Å². The summed E-state index contributed by atoms with van der Waals surface area (Å²) in [4.78, 5) is 11.2. The fraction of sp³-hybridized carbons (Fsp3) is 0.417. The second-order valence-corrected chi connectivity index (χ2v) is 6.74. The molecule has 0 aliphatic heterocycles. The maximum atomic E-state index is 13.9. The third kappa shape index (κ3) is 1.90. The van der Waals surface area contributed by atoms with Crippen molar-refractivity contribution in [3.05, 3.63) is 29.1 Å². The summed E-state index contributed by atoms with van der Waals surface area (Å²) in [6.07, 6.45) is 1.70. The Kier molecular flexibility index (Phi) is 2.73. The number of benzene rings is 1. The summed E-state index contributed by atoms with van der Waals surface area (Å²) in [5.41, 5.74) is -0.974. The summed E-state index contributed by atoms with van der Waals surface area (Å²) >= 11 is 0. The van der Waals surface area contributed by atoms with Crippen LogP contribution in [0.4, 0.5) is 4.39 Å². The first-order chi connectivity index (χ1) is 8.18. The van der Waals surface area contributed by atoms with Crippen LogP contribution in [0.3, 0.4) is 0 Å². The van der Waals surface area contributed by atoms with E-state index in [1.54, 1.807) is 0 Å². The number of aliphatic carboxylic acids is 1. The summed E-state index contributed by atoms with van der Waals surface area (Å²) in [7, 11) is -3.49. The average Bonchev–Trinajstić information content (AvgIpc) is 2.96. The third-order valence-corrected chi connectivity index (χ3v) is 4.58. The van der Waals surface area contributed by atoms with E-state index in [2.05, 4.69) is 0 Å². The second-order valence-electron chi connectivity index (χ2n) is 4.76. The SMILES string of the molecule is Cc1cc(F)c(C2(C(=O)O)CC2)cc1S(C)(=O)=O. The highest BCUT2D eigenvalue weighted by Crippen LogP contribution is 2.50. The molecule has 2 rings (SSSR count). The molecule has 4 nitrogen and oxygen atoms in total. The Hall–Kier alpha value is -1.43. The van der Waals surface area contributed by atoms with Crippen molar-refractivity contribution in [3.63, 3.8) is 0 Å². The van der Waals surface area contributed by atoms with Gasteiger partial charge in [0.05, 0.1) is 10.3 Å². The number of halogens is 1. The van der Waals surface area contributed by atoms with Crippen molar-refractivity contribution in [2.24, 2.45) is 0 Å². The minimum atomic E-state index is -3.49. The maximum Gasteiger partial charge on any atom is 0.314 e. The Morgan fingerprint density at radius 3 is 2.33 bits per heavy atom. The number of aryl methyl sites for hydroxylation is 1. The Labute approximate surface area is 104 Å². The molecule has 0 radical (unpaired) electrons. The summed E-state index contributed by atoms with van der Waals surface area (Å²) in [5.74, 6) is -1.76. The van der Waals surface area contributed by atoms with Crippen LogP contribution in [0.1, 0.15) is 24.0 Å². The van der Waals surface area contributed by atoms with Crippen LogP contribution in [0.25, 0.3) is 0 Å². The van der Waals surface area contributed by atoms with Crippen LogP contribution in [-0.4, -0.2) is 25.7 Å². The lowest BCUT2D eigenvalue weighted by Crippen LogP contribution is -2.22. The highest BCUT2D eigenvalue weighted by Gasteiger charge is 2.53. The van der Waals surface area contributed by atoms with E-state index < -0.39 is 27.0 Å². The summed E-state index contributed by atoms with van der Waals surface area (Å²) < 4.78 is 37.0. The Bertz CT molecular complexity index is 630. The molecule has 98 valence electrons. The number of carboxylic acids is 1. The van der Waals surface area contributed by atoms with Crippen LogP contribution < -0.4 is 0 Å². The lowest BCUT2D eigenvalue weighted by molar-refractivity contribution is -0.140. The number of carbonyl (C=O) groups is 1. The molecule has 0 aromatic heterocycles. The Balaban J connectivity index is 2.67. The van der Waals surface area contributed by atoms with Crippen molar-refractivity contribution in [2.75, 3.05) is 6.26 Å². The number of sulfone groups is 1. The van der Waals surface area contributed by atoms with Gasteiger partial charge in [-0.2, -0.15) is 0 Å². The quantitative estimate of drug-likeness (QED) is 0.849. The van der Waals surface area contributed by atoms with Crippen molar-refractivity contribution in [1.82, 2.24) is 0 Å². The molecule has 1 N–H and O–H groups in total. The van der Waals surface area contributed by atoms with E-state index in [9.17, 15) is 17.6 Å². The molecule has 1 saturated carbocycles. The fourth-order valence-corrected chi connectivity index (χ4v) is 3.12. The predicted molar refractivity (Wildman–Crippen MR) is 62.8 cm³/mol. The predicted octanol–water partition coefficient (Wildman–Crippen LogP) is 1.65. The van der Waals surface area contributed by atoms with Gasteiger partial charge in [-0.25, -0.2) is 12.8 Å². The van der Waals surface area contributed by atoms with Crippen LogP contribution in [0, 0.1) is 12.7 Å². The van der Waals surface area contributed by atoms with Gasteiger partial charge in [0.25, 0.3) is 0 Å². The van der Waals surface area contributed by atoms with Crippen LogP contribution in [0.2, 0.25) is 0 Å². The van der Waals surface area contributed by atoms with Crippen molar-refractivity contribution in [2.45, 2.75) is 30.1 Å². The number of rotatable bonds is 3. The zero-order valence-corrected chi connectivity index (χ0v) is 10.8. The summed E-state index contributed by atoms with van der Waals surface area (Å²) in [5, 5.41) is 9.13. The van der Waals surface area contributed by atoms with Gasteiger partial charge < -0.3 is 5.11 Å². The van der Waals surface area contributed by atoms with E-state index in [-0.39, 0.29) is 10.5 Å². The van der Waals surface area contributed by atoms with Crippen LogP contribution >= 0.6 is 0 Å². The van der Waals surface area contributed by atoms with Gasteiger partial charge in [-0.3, -0.25) is 4.79 Å². The zero-order chi connectivity index (χ0) is 13.7. The minimum Gasteiger partial charge on any atom is -0.481 e. The molecule has 18 heavy (non-hydrogen) atoms. The first-order valence-corrected chi connectivity index (χ1v) is 7.32. The van der Waals surface area contributed by atoms with Gasteiger partial charge in [-0.05, 0) is 37.5 Å². The minimum absolute atomic E-state index is 0.00794. The number of carboxylic acid groups (broad SMARTS) is 1. The molecule has 1 aromatic rings. The largest absolute Gasteiger partial charge is 0.481 e. The summed E-state index contributed by atoms with van der Waals surface area (Å²) in [6.45, 7) is 1.49. The highest BCUT2D eigenvalue weighted by atomic mass is 32.2. The molecule has 1 aromatic carbocycles. The van der Waals surface area contributed by atoms with Gasteiger partial charge in [0.2, 0.25) is 0 Å². The van der Waals surface area contributed by atoms with Crippen molar-refractivity contribution < 1.29 is 22.7 Å². The molecular formula is C12H13FO4S. The molecule has 0 amide bonds. The second kappa shape index (κ2) is 3.78. The molecule has 0 atom stereocenters. The normalized spacial score (nSPS) is 17.5. The number of hydrogen-bond acceptors (Lipinski definition) is 3. The molecule has 0 saturated heterocycles. The molecule has 1 fully saturated rings. The molecule has 0 bridgehead atoms. The van der Waals surface area contributed by atoms with E-state index in [0.29, 0.717) is 18.4 Å². The zero-order valence-electron chi connectivity index (χ0n) is 10.0. The smallest absolute Gasteiger partial charge is 0.314 e. The van der Waals surface area contributed by atoms with E-state index in [1.165, 1.54) is 13.0 Å². The van der Waals surface area contributed by atoms with Crippen molar-refractivity contribution in [3.8, 4) is 0 Å². The molecule has 0 unspecified atom stereocenters. The molecule has 0 heterocycles. The van der Waals surface area contributed by atoms with Gasteiger partial charge in [0, 0.05) is 11.8 Å². The van der Waals surface area contributed by atoms with E-state index >= 15 is 0 Å². The van der Waals surface area contributed by atoms with E-state index in [1.807, 2.05) is 0 Å².